The van der Waals surface area contributed by atoms with Crippen LogP contribution in [-0.4, -0.2) is 70.3 Å². The zero-order valence-electron chi connectivity index (χ0n) is 37.1. The molecular weight excluding hydrogens is 719 g/mol. The molecule has 332 valence electrons. The van der Waals surface area contributed by atoms with E-state index < -0.39 is 12.2 Å². The number of nitrogens with one attached hydrogen (secondary N) is 1. The number of hydrogen-bond acceptors (Lipinski definition) is 9. The van der Waals surface area contributed by atoms with Crippen molar-refractivity contribution in [1.82, 2.24) is 5.32 Å². The lowest BCUT2D eigenvalue weighted by molar-refractivity contribution is -0.162. The van der Waals surface area contributed by atoms with Crippen molar-refractivity contribution in [3.05, 3.63) is 24.3 Å². The van der Waals surface area contributed by atoms with Gasteiger partial charge in [0.25, 0.3) is 0 Å². The number of ether oxygens (including phenoxy) is 5. The molecule has 1 aliphatic rings. The number of unbranched alkanes of at least 4 members (excludes halogenated alkanes) is 18. The average Bonchev–Trinajstić information content (AvgIpc) is 3.23. The molecule has 1 N–H and O–H groups in total. The third kappa shape index (κ3) is 34.4. The van der Waals surface area contributed by atoms with E-state index in [4.69, 9.17) is 23.7 Å². The van der Waals surface area contributed by atoms with Gasteiger partial charge >= 0.3 is 17.9 Å². The highest BCUT2D eigenvalue weighted by Gasteiger charge is 2.25. The molecule has 0 radical (unpaired) electrons. The minimum absolute atomic E-state index is 0.0111. The van der Waals surface area contributed by atoms with Gasteiger partial charge in [0.15, 0.2) is 6.29 Å². The SMILES string of the molecule is CCCCC/C=C\C/C=C\CCCCCCCC(=O)OCC(COC(=O)CCC(OCCCCCCCC)OCCCCCCCC)COC(=O)C1CCNCC1. The lowest BCUT2D eigenvalue weighted by Gasteiger charge is -2.23. The van der Waals surface area contributed by atoms with Gasteiger partial charge in [0.2, 0.25) is 0 Å². The molecule has 1 heterocycles. The Hall–Kier alpha value is -2.23. The van der Waals surface area contributed by atoms with E-state index in [1.165, 1.54) is 77.0 Å². The summed E-state index contributed by atoms with van der Waals surface area (Å²) in [6.45, 7) is 9.59. The summed E-state index contributed by atoms with van der Waals surface area (Å²) in [5, 5.41) is 3.27. The van der Waals surface area contributed by atoms with Gasteiger partial charge < -0.3 is 29.0 Å². The Bertz CT molecular complexity index is 977. The first-order chi connectivity index (χ1) is 28.0. The normalized spacial score (nSPS) is 14.2. The number of allylic oxidation sites excluding steroid dienone is 4. The van der Waals surface area contributed by atoms with Gasteiger partial charge in [-0.15, -0.1) is 0 Å². The summed E-state index contributed by atoms with van der Waals surface area (Å²) in [4.78, 5) is 38.4. The van der Waals surface area contributed by atoms with Crippen molar-refractivity contribution >= 4 is 17.9 Å². The van der Waals surface area contributed by atoms with Crippen LogP contribution >= 0.6 is 0 Å². The molecule has 1 rings (SSSR count). The minimum atomic E-state index is -0.444. The smallest absolute Gasteiger partial charge is 0.309 e. The molecule has 1 aliphatic heterocycles. The maximum Gasteiger partial charge on any atom is 0.309 e. The van der Waals surface area contributed by atoms with Crippen LogP contribution in [0, 0.1) is 11.8 Å². The first kappa shape index (κ1) is 52.8. The number of rotatable bonds is 40. The second kappa shape index (κ2) is 40.5. The van der Waals surface area contributed by atoms with Crippen LogP contribution in [0.1, 0.15) is 201 Å². The van der Waals surface area contributed by atoms with Crippen LogP contribution in [0.15, 0.2) is 24.3 Å². The van der Waals surface area contributed by atoms with Crippen molar-refractivity contribution in [2.24, 2.45) is 11.8 Å². The van der Waals surface area contributed by atoms with Gasteiger partial charge in [-0.1, -0.05) is 141 Å². The van der Waals surface area contributed by atoms with Gasteiger partial charge in [0.1, 0.15) is 19.8 Å². The van der Waals surface area contributed by atoms with Crippen molar-refractivity contribution in [2.75, 3.05) is 46.1 Å². The first-order valence-corrected chi connectivity index (χ1v) is 23.7. The van der Waals surface area contributed by atoms with Gasteiger partial charge in [-0.2, -0.15) is 0 Å². The predicted octanol–water partition coefficient (Wildman–Crippen LogP) is 11.9. The highest BCUT2D eigenvalue weighted by molar-refractivity contribution is 5.72. The van der Waals surface area contributed by atoms with Crippen molar-refractivity contribution in [2.45, 2.75) is 207 Å². The summed E-state index contributed by atoms with van der Waals surface area (Å²) in [5.41, 5.74) is 0. The van der Waals surface area contributed by atoms with Crippen molar-refractivity contribution in [3.8, 4) is 0 Å². The van der Waals surface area contributed by atoms with Gasteiger partial charge in [-0.25, -0.2) is 0 Å². The van der Waals surface area contributed by atoms with Crippen LogP contribution in [0.25, 0.3) is 0 Å². The fourth-order valence-electron chi connectivity index (χ4n) is 6.81. The Balaban J connectivity index is 2.47. The Kier molecular flexibility index (Phi) is 37.5. The van der Waals surface area contributed by atoms with Crippen LogP contribution in [-0.2, 0) is 38.1 Å². The van der Waals surface area contributed by atoms with Crippen molar-refractivity contribution in [3.63, 3.8) is 0 Å². The molecule has 0 aromatic carbocycles. The summed E-state index contributed by atoms with van der Waals surface area (Å²) in [6, 6.07) is 0. The number of esters is 3. The van der Waals surface area contributed by atoms with E-state index >= 15 is 0 Å². The number of hydrogen-bond donors (Lipinski definition) is 1. The minimum Gasteiger partial charge on any atom is -0.465 e. The molecular formula is C48H87NO8. The number of piperidine rings is 1. The Labute approximate surface area is 349 Å². The first-order valence-electron chi connectivity index (χ1n) is 23.7. The molecule has 1 atom stereocenters. The summed E-state index contributed by atoms with van der Waals surface area (Å²) >= 11 is 0. The largest absolute Gasteiger partial charge is 0.465 e. The molecule has 1 saturated heterocycles. The topological polar surface area (TPSA) is 109 Å². The molecule has 0 amide bonds. The van der Waals surface area contributed by atoms with E-state index in [9.17, 15) is 14.4 Å². The van der Waals surface area contributed by atoms with E-state index in [1.54, 1.807) is 0 Å². The second-order valence-electron chi connectivity index (χ2n) is 16.1. The number of carbonyl (C=O) groups excluding carboxylic acids is 3. The lowest BCUT2D eigenvalue weighted by atomic mass is 9.98. The van der Waals surface area contributed by atoms with E-state index in [0.29, 0.717) is 26.1 Å². The van der Waals surface area contributed by atoms with Crippen molar-refractivity contribution in [1.29, 1.82) is 0 Å². The molecule has 1 unspecified atom stereocenters. The molecule has 57 heavy (non-hydrogen) atoms. The fraction of sp³-hybridized carbons (Fsp3) is 0.854. The molecule has 9 nitrogen and oxygen atoms in total. The van der Waals surface area contributed by atoms with E-state index in [2.05, 4.69) is 50.4 Å². The highest BCUT2D eigenvalue weighted by atomic mass is 16.7. The third-order valence-electron chi connectivity index (χ3n) is 10.6. The summed E-state index contributed by atoms with van der Waals surface area (Å²) in [5.74, 6) is -1.44. The van der Waals surface area contributed by atoms with Gasteiger partial charge in [-0.05, 0) is 77.3 Å². The zero-order valence-corrected chi connectivity index (χ0v) is 37.1. The Morgan fingerprint density at radius 3 is 1.58 bits per heavy atom. The molecule has 9 heteroatoms. The van der Waals surface area contributed by atoms with Crippen molar-refractivity contribution < 1.29 is 38.1 Å². The fourth-order valence-corrected chi connectivity index (χ4v) is 6.81. The maximum absolute atomic E-state index is 12.9. The van der Waals surface area contributed by atoms with Crippen LogP contribution in [0.4, 0.5) is 0 Å². The zero-order chi connectivity index (χ0) is 41.3. The lowest BCUT2D eigenvalue weighted by Crippen LogP contribution is -2.34. The summed E-state index contributed by atoms with van der Waals surface area (Å²) < 4.78 is 29.1. The van der Waals surface area contributed by atoms with Gasteiger partial charge in [-0.3, -0.25) is 14.4 Å². The van der Waals surface area contributed by atoms with Crippen LogP contribution in [0.2, 0.25) is 0 Å². The van der Waals surface area contributed by atoms with Crippen LogP contribution < -0.4 is 5.32 Å². The van der Waals surface area contributed by atoms with Crippen LogP contribution in [0.3, 0.4) is 0 Å². The third-order valence-corrected chi connectivity index (χ3v) is 10.6. The summed E-state index contributed by atoms with van der Waals surface area (Å²) in [6.07, 6.45) is 37.6. The van der Waals surface area contributed by atoms with E-state index in [-0.39, 0.29) is 50.1 Å². The van der Waals surface area contributed by atoms with Gasteiger partial charge in [0, 0.05) is 26.1 Å². The Morgan fingerprint density at radius 1 is 0.544 bits per heavy atom. The Morgan fingerprint density at radius 2 is 1.00 bits per heavy atom. The summed E-state index contributed by atoms with van der Waals surface area (Å²) in [7, 11) is 0. The van der Waals surface area contributed by atoms with Gasteiger partial charge in [0.05, 0.1) is 18.3 Å². The van der Waals surface area contributed by atoms with E-state index in [0.717, 1.165) is 96.6 Å². The van der Waals surface area contributed by atoms with E-state index in [1.807, 2.05) is 0 Å². The molecule has 0 aromatic heterocycles. The molecule has 0 aliphatic carbocycles. The monoisotopic (exact) mass is 806 g/mol. The predicted molar refractivity (Wildman–Crippen MR) is 233 cm³/mol. The standard InChI is InChI=1S/C48H87NO8/c1-4-7-10-13-16-17-18-19-20-21-22-23-24-25-28-31-45(50)55-40-43(42-57-48(52)44-34-36-49-37-35-44)41-56-46(51)32-33-47(53-38-29-26-14-11-8-5-2)54-39-30-27-15-12-9-6-3/h16-17,19-20,43-44,47,49H,4-15,18,21-42H2,1-3H3/b17-16-,20-19-. The molecule has 1 fully saturated rings. The molecule has 0 bridgehead atoms. The highest BCUT2D eigenvalue weighted by Crippen LogP contribution is 2.16. The average molecular weight is 806 g/mol. The second-order valence-corrected chi connectivity index (χ2v) is 16.1. The molecule has 0 aromatic rings. The molecule has 0 saturated carbocycles. The maximum atomic E-state index is 12.9. The number of carbonyl (C=O) groups is 3. The van der Waals surface area contributed by atoms with Crippen LogP contribution in [0.5, 0.6) is 0 Å². The molecule has 0 spiro atoms. The quantitative estimate of drug-likeness (QED) is 0.0213.